The van der Waals surface area contributed by atoms with Gasteiger partial charge >= 0.3 is 0 Å². The van der Waals surface area contributed by atoms with Gasteiger partial charge in [0.15, 0.2) is 0 Å². The van der Waals surface area contributed by atoms with Gasteiger partial charge in [0.1, 0.15) is 0 Å². The van der Waals surface area contributed by atoms with E-state index in [2.05, 4.69) is 37.9 Å². The number of hydrogen-bond acceptors (Lipinski definition) is 2. The van der Waals surface area contributed by atoms with Crippen molar-refractivity contribution in [3.63, 3.8) is 0 Å². The van der Waals surface area contributed by atoms with Crippen LogP contribution in [-0.2, 0) is 4.79 Å². The Labute approximate surface area is 125 Å². The maximum Gasteiger partial charge on any atom is 0.230 e. The Morgan fingerprint density at radius 3 is 2.40 bits per heavy atom. The molecule has 0 saturated carbocycles. The lowest BCUT2D eigenvalue weighted by Crippen LogP contribution is -2.52. The predicted octanol–water partition coefficient (Wildman–Crippen LogP) is 3.44. The van der Waals surface area contributed by atoms with E-state index in [0.717, 1.165) is 51.9 Å². The van der Waals surface area contributed by atoms with Gasteiger partial charge in [-0.2, -0.15) is 0 Å². The summed E-state index contributed by atoms with van der Waals surface area (Å²) in [4.78, 5) is 15.2. The van der Waals surface area contributed by atoms with Crippen LogP contribution in [0.4, 0.5) is 0 Å². The molecule has 3 nitrogen and oxygen atoms in total. The van der Waals surface area contributed by atoms with Crippen molar-refractivity contribution >= 4 is 5.91 Å². The SMILES string of the molecule is CCCC1(C(=O)N(CC)CC(CC)CC)CCCNC1. The zero-order valence-electron chi connectivity index (χ0n) is 14.0. The van der Waals surface area contributed by atoms with Gasteiger partial charge in [-0.1, -0.05) is 40.0 Å². The van der Waals surface area contributed by atoms with E-state index in [1.807, 2.05) is 0 Å². The molecule has 1 fully saturated rings. The second-order valence-corrected chi connectivity index (χ2v) is 6.34. The highest BCUT2D eigenvalue weighted by Gasteiger charge is 2.41. The Hall–Kier alpha value is -0.570. The molecular weight excluding hydrogens is 248 g/mol. The molecule has 1 aliphatic rings. The molecule has 0 aromatic rings. The molecule has 0 aromatic heterocycles. The molecule has 1 N–H and O–H groups in total. The van der Waals surface area contributed by atoms with Gasteiger partial charge in [-0.25, -0.2) is 0 Å². The Morgan fingerprint density at radius 1 is 1.25 bits per heavy atom. The molecule has 3 heteroatoms. The fourth-order valence-electron chi connectivity index (χ4n) is 3.50. The molecule has 1 saturated heterocycles. The van der Waals surface area contributed by atoms with Gasteiger partial charge in [-0.05, 0) is 38.6 Å². The second kappa shape index (κ2) is 8.66. The van der Waals surface area contributed by atoms with Gasteiger partial charge in [0.05, 0.1) is 5.41 Å². The quantitative estimate of drug-likeness (QED) is 0.739. The number of rotatable bonds is 8. The smallest absolute Gasteiger partial charge is 0.230 e. The standard InChI is InChI=1S/C17H34N2O/c1-5-10-17(11-9-12-18-14-17)16(20)19(8-4)13-15(6-2)7-3/h15,18H,5-14H2,1-4H3. The summed E-state index contributed by atoms with van der Waals surface area (Å²) in [7, 11) is 0. The van der Waals surface area contributed by atoms with E-state index in [9.17, 15) is 4.79 Å². The van der Waals surface area contributed by atoms with Crippen LogP contribution in [0.5, 0.6) is 0 Å². The van der Waals surface area contributed by atoms with Crippen LogP contribution in [-0.4, -0.2) is 37.0 Å². The van der Waals surface area contributed by atoms with Crippen molar-refractivity contribution in [2.45, 2.75) is 66.2 Å². The molecule has 1 amide bonds. The largest absolute Gasteiger partial charge is 0.342 e. The number of nitrogens with one attached hydrogen (secondary N) is 1. The normalized spacial score (nSPS) is 23.1. The van der Waals surface area contributed by atoms with Crippen LogP contribution in [0.3, 0.4) is 0 Å². The molecule has 0 aliphatic carbocycles. The molecule has 20 heavy (non-hydrogen) atoms. The summed E-state index contributed by atoms with van der Waals surface area (Å²) in [5.74, 6) is 1.05. The van der Waals surface area contributed by atoms with E-state index < -0.39 is 0 Å². The first kappa shape index (κ1) is 17.5. The first-order chi connectivity index (χ1) is 9.63. The summed E-state index contributed by atoms with van der Waals surface area (Å²) in [5, 5.41) is 3.45. The van der Waals surface area contributed by atoms with Gasteiger partial charge in [-0.15, -0.1) is 0 Å². The van der Waals surface area contributed by atoms with E-state index in [1.54, 1.807) is 0 Å². The summed E-state index contributed by atoms with van der Waals surface area (Å²) < 4.78 is 0. The zero-order valence-corrected chi connectivity index (χ0v) is 14.0. The zero-order chi connectivity index (χ0) is 15.0. The van der Waals surface area contributed by atoms with Crippen molar-refractivity contribution in [3.05, 3.63) is 0 Å². The van der Waals surface area contributed by atoms with Crippen LogP contribution in [0, 0.1) is 11.3 Å². The van der Waals surface area contributed by atoms with Crippen molar-refractivity contribution in [2.75, 3.05) is 26.2 Å². The average molecular weight is 282 g/mol. The molecule has 0 radical (unpaired) electrons. The topological polar surface area (TPSA) is 32.3 Å². The molecule has 1 heterocycles. The highest BCUT2D eigenvalue weighted by molar-refractivity contribution is 5.83. The highest BCUT2D eigenvalue weighted by atomic mass is 16.2. The Kier molecular flexibility index (Phi) is 7.57. The summed E-state index contributed by atoms with van der Waals surface area (Å²) in [6.07, 6.45) is 6.65. The van der Waals surface area contributed by atoms with Gasteiger partial charge in [0, 0.05) is 19.6 Å². The van der Waals surface area contributed by atoms with Gasteiger partial charge < -0.3 is 10.2 Å². The number of amides is 1. The first-order valence-corrected chi connectivity index (χ1v) is 8.63. The van der Waals surface area contributed by atoms with Crippen LogP contribution in [0.2, 0.25) is 0 Å². The molecule has 1 unspecified atom stereocenters. The van der Waals surface area contributed by atoms with E-state index in [1.165, 1.54) is 12.8 Å². The fraction of sp³-hybridized carbons (Fsp3) is 0.941. The van der Waals surface area contributed by atoms with Crippen molar-refractivity contribution < 1.29 is 4.79 Å². The molecule has 0 bridgehead atoms. The predicted molar refractivity (Wildman–Crippen MR) is 85.8 cm³/mol. The van der Waals surface area contributed by atoms with Crippen LogP contribution in [0.1, 0.15) is 66.2 Å². The molecular formula is C17H34N2O. The minimum atomic E-state index is -0.130. The highest BCUT2D eigenvalue weighted by Crippen LogP contribution is 2.34. The maximum atomic E-state index is 13.1. The third kappa shape index (κ3) is 4.21. The van der Waals surface area contributed by atoms with Gasteiger partial charge in [0.25, 0.3) is 0 Å². The van der Waals surface area contributed by atoms with Crippen molar-refractivity contribution in [3.8, 4) is 0 Å². The van der Waals surface area contributed by atoms with E-state index in [0.29, 0.717) is 11.8 Å². The lowest BCUT2D eigenvalue weighted by Gasteiger charge is -2.40. The molecule has 118 valence electrons. The first-order valence-electron chi connectivity index (χ1n) is 8.63. The Bertz CT molecular complexity index is 275. The van der Waals surface area contributed by atoms with Crippen LogP contribution >= 0.6 is 0 Å². The molecule has 0 spiro atoms. The van der Waals surface area contributed by atoms with Crippen molar-refractivity contribution in [2.24, 2.45) is 11.3 Å². The lowest BCUT2D eigenvalue weighted by atomic mass is 9.75. The molecule has 1 aliphatic heterocycles. The number of carbonyl (C=O) groups is 1. The second-order valence-electron chi connectivity index (χ2n) is 6.34. The summed E-state index contributed by atoms with van der Waals surface area (Å²) in [5.41, 5.74) is -0.130. The van der Waals surface area contributed by atoms with E-state index in [4.69, 9.17) is 0 Å². The molecule has 1 atom stereocenters. The van der Waals surface area contributed by atoms with Crippen LogP contribution < -0.4 is 5.32 Å². The van der Waals surface area contributed by atoms with Crippen LogP contribution in [0.25, 0.3) is 0 Å². The number of carbonyl (C=O) groups excluding carboxylic acids is 1. The third-order valence-corrected chi connectivity index (χ3v) is 4.96. The summed E-state index contributed by atoms with van der Waals surface area (Å²) >= 11 is 0. The minimum absolute atomic E-state index is 0.130. The van der Waals surface area contributed by atoms with Crippen LogP contribution in [0.15, 0.2) is 0 Å². The van der Waals surface area contributed by atoms with Crippen molar-refractivity contribution in [1.82, 2.24) is 10.2 Å². The number of hydrogen-bond donors (Lipinski definition) is 1. The molecule has 0 aromatic carbocycles. The Balaban J connectivity index is 2.79. The van der Waals surface area contributed by atoms with Gasteiger partial charge in [0.2, 0.25) is 5.91 Å². The van der Waals surface area contributed by atoms with E-state index >= 15 is 0 Å². The molecule has 1 rings (SSSR count). The number of piperidine rings is 1. The number of nitrogens with zero attached hydrogens (tertiary/aromatic N) is 1. The van der Waals surface area contributed by atoms with Gasteiger partial charge in [-0.3, -0.25) is 4.79 Å². The summed E-state index contributed by atoms with van der Waals surface area (Å²) in [6, 6.07) is 0. The van der Waals surface area contributed by atoms with E-state index in [-0.39, 0.29) is 5.41 Å². The fourth-order valence-corrected chi connectivity index (χ4v) is 3.50. The minimum Gasteiger partial charge on any atom is -0.342 e. The maximum absolute atomic E-state index is 13.1. The monoisotopic (exact) mass is 282 g/mol. The third-order valence-electron chi connectivity index (χ3n) is 4.96. The summed E-state index contributed by atoms with van der Waals surface area (Å²) in [6.45, 7) is 12.5. The average Bonchev–Trinajstić information content (AvgIpc) is 2.49. The lowest BCUT2D eigenvalue weighted by molar-refractivity contribution is -0.144. The van der Waals surface area contributed by atoms with Crippen molar-refractivity contribution in [1.29, 1.82) is 0 Å². The Morgan fingerprint density at radius 2 is 1.95 bits per heavy atom.